The third-order valence-electron chi connectivity index (χ3n) is 3.47. The molecule has 19 heavy (non-hydrogen) atoms. The molecule has 0 radical (unpaired) electrons. The van der Waals surface area contributed by atoms with Gasteiger partial charge in [-0.3, -0.25) is 4.79 Å². The van der Waals surface area contributed by atoms with Crippen molar-refractivity contribution in [1.29, 1.82) is 0 Å². The fraction of sp³-hybridized carbons (Fsp3) is 0.533. The van der Waals surface area contributed by atoms with Gasteiger partial charge in [-0.25, -0.2) is 0 Å². The maximum absolute atomic E-state index is 12.2. The first kappa shape index (κ1) is 13.9. The van der Waals surface area contributed by atoms with Gasteiger partial charge in [-0.05, 0) is 51.1 Å². The van der Waals surface area contributed by atoms with E-state index in [1.807, 2.05) is 14.0 Å². The van der Waals surface area contributed by atoms with Crippen LogP contribution in [0.2, 0.25) is 0 Å². The Morgan fingerprint density at radius 1 is 1.32 bits per heavy atom. The predicted molar refractivity (Wildman–Crippen MR) is 78.6 cm³/mol. The summed E-state index contributed by atoms with van der Waals surface area (Å²) < 4.78 is 0. The van der Waals surface area contributed by atoms with Crippen molar-refractivity contribution in [3.05, 3.63) is 29.3 Å². The summed E-state index contributed by atoms with van der Waals surface area (Å²) in [7, 11) is 1.88. The molecule has 104 valence electrons. The molecule has 0 aliphatic carbocycles. The number of rotatable bonds is 3. The molecule has 1 fully saturated rings. The first-order valence-corrected chi connectivity index (χ1v) is 6.81. The van der Waals surface area contributed by atoms with Crippen LogP contribution in [-0.2, 0) is 4.79 Å². The second-order valence-corrected chi connectivity index (χ2v) is 5.48. The van der Waals surface area contributed by atoms with Crippen molar-refractivity contribution in [2.75, 3.05) is 25.0 Å². The van der Waals surface area contributed by atoms with Crippen LogP contribution in [0.15, 0.2) is 18.2 Å². The van der Waals surface area contributed by atoms with Gasteiger partial charge in [0.2, 0.25) is 5.91 Å². The zero-order chi connectivity index (χ0) is 14.0. The molecule has 4 nitrogen and oxygen atoms in total. The number of aryl methyl sites for hydroxylation is 2. The molecule has 0 spiro atoms. The van der Waals surface area contributed by atoms with Gasteiger partial charge in [0.15, 0.2) is 0 Å². The molecule has 0 bridgehead atoms. The summed E-state index contributed by atoms with van der Waals surface area (Å²) in [5, 5.41) is 6.13. The number of piperazine rings is 1. The van der Waals surface area contributed by atoms with Crippen molar-refractivity contribution in [2.24, 2.45) is 0 Å². The summed E-state index contributed by atoms with van der Waals surface area (Å²) in [5.74, 6) is 0.104. The number of benzene rings is 1. The van der Waals surface area contributed by atoms with Crippen LogP contribution < -0.4 is 15.5 Å². The number of carbonyl (C=O) groups is 1. The van der Waals surface area contributed by atoms with Crippen molar-refractivity contribution in [1.82, 2.24) is 10.6 Å². The second-order valence-electron chi connectivity index (χ2n) is 5.48. The largest absolute Gasteiger partial charge is 0.356 e. The lowest BCUT2D eigenvalue weighted by molar-refractivity contribution is -0.124. The van der Waals surface area contributed by atoms with Crippen LogP contribution in [0.25, 0.3) is 0 Å². The van der Waals surface area contributed by atoms with Gasteiger partial charge >= 0.3 is 0 Å². The Labute approximate surface area is 115 Å². The van der Waals surface area contributed by atoms with E-state index in [9.17, 15) is 4.79 Å². The quantitative estimate of drug-likeness (QED) is 0.860. The number of carbonyl (C=O) groups excluding carboxylic acids is 1. The molecule has 1 heterocycles. The van der Waals surface area contributed by atoms with Crippen LogP contribution in [0.3, 0.4) is 0 Å². The molecule has 2 rings (SSSR count). The van der Waals surface area contributed by atoms with E-state index in [1.165, 1.54) is 11.1 Å². The lowest BCUT2D eigenvalue weighted by Crippen LogP contribution is -2.62. The van der Waals surface area contributed by atoms with Crippen LogP contribution >= 0.6 is 0 Å². The van der Waals surface area contributed by atoms with Crippen molar-refractivity contribution in [3.63, 3.8) is 0 Å². The zero-order valence-electron chi connectivity index (χ0n) is 12.2. The van der Waals surface area contributed by atoms with Crippen LogP contribution in [0.1, 0.15) is 18.1 Å². The van der Waals surface area contributed by atoms with Gasteiger partial charge in [0.25, 0.3) is 0 Å². The second kappa shape index (κ2) is 5.61. The van der Waals surface area contributed by atoms with Crippen molar-refractivity contribution in [3.8, 4) is 0 Å². The third kappa shape index (κ3) is 3.07. The molecular weight excluding hydrogens is 238 g/mol. The van der Waals surface area contributed by atoms with E-state index in [2.05, 4.69) is 47.6 Å². The minimum absolute atomic E-state index is 0.104. The molecule has 2 unspecified atom stereocenters. The van der Waals surface area contributed by atoms with E-state index in [0.29, 0.717) is 6.54 Å². The number of nitrogens with zero attached hydrogens (tertiary/aromatic N) is 1. The van der Waals surface area contributed by atoms with Crippen LogP contribution in [0.5, 0.6) is 0 Å². The Morgan fingerprint density at radius 3 is 2.53 bits per heavy atom. The van der Waals surface area contributed by atoms with Gasteiger partial charge in [-0.2, -0.15) is 0 Å². The Bertz CT molecular complexity index is 452. The van der Waals surface area contributed by atoms with Gasteiger partial charge < -0.3 is 15.5 Å². The summed E-state index contributed by atoms with van der Waals surface area (Å²) in [4.78, 5) is 14.4. The lowest BCUT2D eigenvalue weighted by Gasteiger charge is -2.40. The highest BCUT2D eigenvalue weighted by atomic mass is 16.2. The van der Waals surface area contributed by atoms with Crippen molar-refractivity contribution < 1.29 is 4.79 Å². The molecule has 2 N–H and O–H groups in total. The van der Waals surface area contributed by atoms with Crippen LogP contribution in [0.4, 0.5) is 5.69 Å². The summed E-state index contributed by atoms with van der Waals surface area (Å²) in [6.45, 7) is 7.74. The topological polar surface area (TPSA) is 44.4 Å². The summed E-state index contributed by atoms with van der Waals surface area (Å²) in [6, 6.07) is 6.51. The molecule has 0 aromatic heterocycles. The highest BCUT2D eigenvalue weighted by Crippen LogP contribution is 2.23. The first-order valence-electron chi connectivity index (χ1n) is 6.81. The minimum Gasteiger partial charge on any atom is -0.356 e. The van der Waals surface area contributed by atoms with Gasteiger partial charge in [-0.15, -0.1) is 0 Å². The zero-order valence-corrected chi connectivity index (χ0v) is 12.2. The number of nitrogens with one attached hydrogen (secondary N) is 2. The SMILES string of the molecule is CNCC1C(=O)NC(C)CN1c1cc(C)cc(C)c1. The number of hydrogen-bond acceptors (Lipinski definition) is 3. The molecule has 1 aromatic rings. The highest BCUT2D eigenvalue weighted by molar-refractivity contribution is 5.87. The number of likely N-dealkylation sites (N-methyl/N-ethyl adjacent to an activating group) is 1. The average Bonchev–Trinajstić information content (AvgIpc) is 2.31. The lowest BCUT2D eigenvalue weighted by atomic mass is 10.0. The fourth-order valence-electron chi connectivity index (χ4n) is 2.75. The van der Waals surface area contributed by atoms with Crippen LogP contribution in [-0.4, -0.2) is 38.1 Å². The molecule has 1 aromatic carbocycles. The van der Waals surface area contributed by atoms with Crippen LogP contribution in [0, 0.1) is 13.8 Å². The van der Waals surface area contributed by atoms with Crippen molar-refractivity contribution >= 4 is 11.6 Å². The van der Waals surface area contributed by atoms with E-state index >= 15 is 0 Å². The number of anilines is 1. The Hall–Kier alpha value is -1.55. The minimum atomic E-state index is -0.137. The maximum Gasteiger partial charge on any atom is 0.244 e. The average molecular weight is 261 g/mol. The van der Waals surface area contributed by atoms with Gasteiger partial charge in [0.05, 0.1) is 0 Å². The van der Waals surface area contributed by atoms with E-state index in [4.69, 9.17) is 0 Å². The number of amides is 1. The maximum atomic E-state index is 12.2. The molecule has 1 amide bonds. The monoisotopic (exact) mass is 261 g/mol. The molecule has 1 aliphatic rings. The normalized spacial score (nSPS) is 23.4. The van der Waals surface area contributed by atoms with E-state index in [-0.39, 0.29) is 18.0 Å². The molecule has 1 aliphatic heterocycles. The molecule has 4 heteroatoms. The summed E-state index contributed by atoms with van der Waals surface area (Å²) in [6.07, 6.45) is 0. The van der Waals surface area contributed by atoms with Crippen molar-refractivity contribution in [2.45, 2.75) is 32.9 Å². The molecule has 0 saturated carbocycles. The first-order chi connectivity index (χ1) is 9.01. The Morgan fingerprint density at radius 2 is 1.95 bits per heavy atom. The van der Waals surface area contributed by atoms with E-state index in [1.54, 1.807) is 0 Å². The third-order valence-corrected chi connectivity index (χ3v) is 3.47. The summed E-state index contributed by atoms with van der Waals surface area (Å²) >= 11 is 0. The number of hydrogen-bond donors (Lipinski definition) is 2. The smallest absolute Gasteiger partial charge is 0.244 e. The fourth-order valence-corrected chi connectivity index (χ4v) is 2.75. The Kier molecular flexibility index (Phi) is 4.10. The van der Waals surface area contributed by atoms with Gasteiger partial charge in [-0.1, -0.05) is 6.07 Å². The van der Waals surface area contributed by atoms with Gasteiger partial charge in [0.1, 0.15) is 6.04 Å². The molecular formula is C15H23N3O. The molecule has 1 saturated heterocycles. The van der Waals surface area contributed by atoms with Gasteiger partial charge in [0, 0.05) is 24.8 Å². The predicted octanol–water partition coefficient (Wildman–Crippen LogP) is 1.22. The van der Waals surface area contributed by atoms with E-state index < -0.39 is 0 Å². The summed E-state index contributed by atoms with van der Waals surface area (Å²) in [5.41, 5.74) is 3.60. The molecule has 2 atom stereocenters. The Balaban J connectivity index is 2.34. The highest BCUT2D eigenvalue weighted by Gasteiger charge is 2.32. The van der Waals surface area contributed by atoms with E-state index in [0.717, 1.165) is 12.2 Å². The standard InChI is InChI=1S/C15H23N3O/c1-10-5-11(2)7-13(6-10)18-9-12(3)17-15(19)14(18)8-16-4/h5-7,12,14,16H,8-9H2,1-4H3,(H,17,19).